The molecule has 1 aliphatic rings. The second-order valence-corrected chi connectivity index (χ2v) is 4.89. The standard InChI is InChI=1S/C10H14IN3O5/c1-17-7-6(5-11)19-9(8(7)18-2)13-4-3-12-10(13)14(15)16/h3-4,6-9H,5H2,1-2H3. The van der Waals surface area contributed by atoms with E-state index in [9.17, 15) is 10.1 Å². The number of hydrogen-bond acceptors (Lipinski definition) is 6. The Bertz CT molecular complexity index is 454. The van der Waals surface area contributed by atoms with E-state index in [-0.39, 0.29) is 18.2 Å². The van der Waals surface area contributed by atoms with Crippen molar-refractivity contribution in [2.75, 3.05) is 18.6 Å². The lowest BCUT2D eigenvalue weighted by Gasteiger charge is -2.20. The molecule has 1 aromatic heterocycles. The fourth-order valence-corrected chi connectivity index (χ4v) is 2.95. The third-order valence-corrected chi connectivity index (χ3v) is 3.94. The van der Waals surface area contributed by atoms with Crippen LogP contribution in [0.15, 0.2) is 12.4 Å². The summed E-state index contributed by atoms with van der Waals surface area (Å²) >= 11 is 2.19. The first-order chi connectivity index (χ1) is 9.13. The van der Waals surface area contributed by atoms with Crippen LogP contribution in [0, 0.1) is 10.1 Å². The smallest absolute Gasteiger partial charge is 0.390 e. The van der Waals surface area contributed by atoms with Crippen LogP contribution in [-0.4, -0.2) is 51.4 Å². The van der Waals surface area contributed by atoms with Gasteiger partial charge in [0.1, 0.15) is 24.6 Å². The van der Waals surface area contributed by atoms with E-state index in [1.54, 1.807) is 7.11 Å². The second-order valence-electron chi connectivity index (χ2n) is 4.01. The van der Waals surface area contributed by atoms with E-state index >= 15 is 0 Å². The van der Waals surface area contributed by atoms with Gasteiger partial charge in [-0.25, -0.2) is 0 Å². The third-order valence-electron chi connectivity index (χ3n) is 3.07. The van der Waals surface area contributed by atoms with Crippen molar-refractivity contribution in [1.82, 2.24) is 9.55 Å². The van der Waals surface area contributed by atoms with Crippen LogP contribution in [0.1, 0.15) is 6.23 Å². The molecule has 19 heavy (non-hydrogen) atoms. The summed E-state index contributed by atoms with van der Waals surface area (Å²) in [6.07, 6.45) is 1.40. The lowest BCUT2D eigenvalue weighted by molar-refractivity contribution is -0.398. The van der Waals surface area contributed by atoms with Crippen LogP contribution in [0.2, 0.25) is 0 Å². The van der Waals surface area contributed by atoms with Gasteiger partial charge in [-0.3, -0.25) is 0 Å². The predicted molar refractivity (Wildman–Crippen MR) is 73.3 cm³/mol. The number of ether oxygens (including phenoxy) is 3. The van der Waals surface area contributed by atoms with Gasteiger partial charge in [-0.05, 0) is 4.92 Å². The minimum atomic E-state index is -0.613. The van der Waals surface area contributed by atoms with Gasteiger partial charge in [0.05, 0.1) is 6.10 Å². The normalized spacial score (nSPS) is 30.7. The molecule has 0 saturated carbocycles. The number of nitrogens with zero attached hydrogens (tertiary/aromatic N) is 3. The molecular weight excluding hydrogens is 369 g/mol. The molecular formula is C10H14IN3O5. The highest BCUT2D eigenvalue weighted by Gasteiger charge is 2.48. The largest absolute Gasteiger partial charge is 0.436 e. The Morgan fingerprint density at radius 2 is 2.21 bits per heavy atom. The van der Waals surface area contributed by atoms with Gasteiger partial charge in [-0.1, -0.05) is 27.6 Å². The lowest BCUT2D eigenvalue weighted by atomic mass is 10.1. The first-order valence-corrected chi connectivity index (χ1v) is 7.10. The summed E-state index contributed by atoms with van der Waals surface area (Å²) in [6, 6.07) is 0. The van der Waals surface area contributed by atoms with Gasteiger partial charge < -0.3 is 24.3 Å². The van der Waals surface area contributed by atoms with Crippen molar-refractivity contribution in [1.29, 1.82) is 0 Å². The molecule has 0 spiro atoms. The molecule has 1 aliphatic heterocycles. The number of alkyl halides is 1. The fraction of sp³-hybridized carbons (Fsp3) is 0.700. The highest BCUT2D eigenvalue weighted by atomic mass is 127. The summed E-state index contributed by atoms with van der Waals surface area (Å²) in [4.78, 5) is 14.1. The molecule has 2 rings (SSSR count). The van der Waals surface area contributed by atoms with E-state index in [0.717, 1.165) is 0 Å². The molecule has 0 radical (unpaired) electrons. The monoisotopic (exact) mass is 383 g/mol. The zero-order chi connectivity index (χ0) is 14.0. The van der Waals surface area contributed by atoms with Gasteiger partial charge in [-0.15, -0.1) is 0 Å². The van der Waals surface area contributed by atoms with Gasteiger partial charge in [-0.2, -0.15) is 4.57 Å². The molecule has 0 N–H and O–H groups in total. The summed E-state index contributed by atoms with van der Waals surface area (Å²) in [5.41, 5.74) is 0. The Balaban J connectivity index is 2.33. The minimum Gasteiger partial charge on any atom is -0.390 e. The number of nitro groups is 1. The van der Waals surface area contributed by atoms with E-state index in [2.05, 4.69) is 27.6 Å². The summed E-state index contributed by atoms with van der Waals surface area (Å²) in [5.74, 6) is -0.268. The fourth-order valence-electron chi connectivity index (χ4n) is 2.24. The lowest BCUT2D eigenvalue weighted by Crippen LogP contribution is -2.35. The van der Waals surface area contributed by atoms with Gasteiger partial charge in [0, 0.05) is 18.6 Å². The third kappa shape index (κ3) is 2.59. The molecule has 0 aliphatic carbocycles. The van der Waals surface area contributed by atoms with Gasteiger partial charge in [0.2, 0.25) is 6.23 Å². The zero-order valence-electron chi connectivity index (χ0n) is 10.4. The van der Waals surface area contributed by atoms with E-state index in [4.69, 9.17) is 14.2 Å². The second kappa shape index (κ2) is 6.11. The highest BCUT2D eigenvalue weighted by Crippen LogP contribution is 2.35. The average Bonchev–Trinajstić information content (AvgIpc) is 3.01. The summed E-state index contributed by atoms with van der Waals surface area (Å²) in [5, 5.41) is 10.9. The van der Waals surface area contributed by atoms with Crippen molar-refractivity contribution in [2.24, 2.45) is 0 Å². The van der Waals surface area contributed by atoms with Crippen molar-refractivity contribution in [2.45, 2.75) is 24.5 Å². The van der Waals surface area contributed by atoms with Gasteiger partial charge >= 0.3 is 5.95 Å². The molecule has 0 amide bonds. The van der Waals surface area contributed by atoms with Crippen LogP contribution in [0.3, 0.4) is 0 Å². The number of methoxy groups -OCH3 is 2. The van der Waals surface area contributed by atoms with Crippen molar-refractivity contribution in [3.8, 4) is 0 Å². The molecule has 1 aromatic rings. The van der Waals surface area contributed by atoms with Crippen LogP contribution >= 0.6 is 22.6 Å². The van der Waals surface area contributed by atoms with Crippen LogP contribution in [0.25, 0.3) is 0 Å². The number of halogens is 1. The molecule has 4 atom stereocenters. The average molecular weight is 383 g/mol. The molecule has 0 bridgehead atoms. The number of aromatic nitrogens is 2. The first-order valence-electron chi connectivity index (χ1n) is 5.58. The minimum absolute atomic E-state index is 0.178. The van der Waals surface area contributed by atoms with Crippen LogP contribution in [0.4, 0.5) is 5.95 Å². The first kappa shape index (κ1) is 14.6. The molecule has 1 saturated heterocycles. The molecule has 2 heterocycles. The van der Waals surface area contributed by atoms with Crippen LogP contribution in [-0.2, 0) is 14.2 Å². The van der Waals surface area contributed by atoms with Crippen molar-refractivity contribution in [3.63, 3.8) is 0 Å². The summed E-state index contributed by atoms with van der Waals surface area (Å²) in [7, 11) is 3.11. The number of hydrogen-bond donors (Lipinski definition) is 0. The quantitative estimate of drug-likeness (QED) is 0.328. The maximum absolute atomic E-state index is 10.9. The Morgan fingerprint density at radius 1 is 1.53 bits per heavy atom. The van der Waals surface area contributed by atoms with Crippen molar-refractivity contribution >= 4 is 28.5 Å². The molecule has 0 aromatic carbocycles. The SMILES string of the molecule is COC1C(CI)OC(n2ccnc2[N+](=O)[O-])C1OC. The Kier molecular flexibility index (Phi) is 4.71. The molecule has 106 valence electrons. The molecule has 4 unspecified atom stereocenters. The van der Waals surface area contributed by atoms with Gasteiger partial charge in [0.25, 0.3) is 0 Å². The Morgan fingerprint density at radius 3 is 2.74 bits per heavy atom. The number of imidazole rings is 1. The van der Waals surface area contributed by atoms with Gasteiger partial charge in [0.15, 0.2) is 0 Å². The maximum atomic E-state index is 10.9. The molecule has 8 nitrogen and oxygen atoms in total. The Labute approximate surface area is 123 Å². The van der Waals surface area contributed by atoms with Crippen LogP contribution in [0.5, 0.6) is 0 Å². The van der Waals surface area contributed by atoms with Crippen molar-refractivity contribution < 1.29 is 19.1 Å². The number of rotatable bonds is 5. The van der Waals surface area contributed by atoms with E-state index in [0.29, 0.717) is 4.43 Å². The van der Waals surface area contributed by atoms with E-state index in [1.807, 2.05) is 0 Å². The Hall–Kier alpha value is -0.780. The van der Waals surface area contributed by atoms with E-state index in [1.165, 1.54) is 24.1 Å². The van der Waals surface area contributed by atoms with E-state index < -0.39 is 17.3 Å². The van der Waals surface area contributed by atoms with Crippen molar-refractivity contribution in [3.05, 3.63) is 22.5 Å². The predicted octanol–water partition coefficient (Wildman–Crippen LogP) is 1.15. The molecule has 9 heteroatoms. The maximum Gasteiger partial charge on any atom is 0.436 e. The topological polar surface area (TPSA) is 88.7 Å². The zero-order valence-corrected chi connectivity index (χ0v) is 12.6. The highest BCUT2D eigenvalue weighted by molar-refractivity contribution is 14.1. The summed E-state index contributed by atoms with van der Waals surface area (Å²) < 4.78 is 18.7. The summed E-state index contributed by atoms with van der Waals surface area (Å²) in [6.45, 7) is 0. The van der Waals surface area contributed by atoms with Crippen LogP contribution < -0.4 is 0 Å². The molecule has 1 fully saturated rings.